The van der Waals surface area contributed by atoms with E-state index in [0.29, 0.717) is 12.1 Å². The Hall–Kier alpha value is -2.34. The zero-order valence-electron chi connectivity index (χ0n) is 10.6. The highest BCUT2D eigenvalue weighted by atomic mass is 14.9. The Kier molecular flexibility index (Phi) is 3.59. The van der Waals surface area contributed by atoms with Crippen LogP contribution in [-0.2, 0) is 6.54 Å². The number of benzene rings is 1. The number of hydrogen-bond acceptors (Lipinski definition) is 3. The van der Waals surface area contributed by atoms with E-state index in [1.807, 2.05) is 44.2 Å². The van der Waals surface area contributed by atoms with Gasteiger partial charge in [0, 0.05) is 6.20 Å². The maximum atomic E-state index is 9.09. The molecule has 0 aliphatic rings. The first-order chi connectivity index (χ1) is 8.72. The molecule has 2 aromatic rings. The fourth-order valence-electron chi connectivity index (χ4n) is 1.87. The number of rotatable bonds is 3. The average Bonchev–Trinajstić information content (AvgIpc) is 2.39. The van der Waals surface area contributed by atoms with Gasteiger partial charge < -0.3 is 5.32 Å². The van der Waals surface area contributed by atoms with E-state index in [1.54, 1.807) is 6.20 Å². The maximum absolute atomic E-state index is 9.09. The van der Waals surface area contributed by atoms with Crippen LogP contribution in [-0.4, -0.2) is 4.98 Å². The van der Waals surface area contributed by atoms with Gasteiger partial charge in [-0.3, -0.25) is 4.98 Å². The van der Waals surface area contributed by atoms with Crippen molar-refractivity contribution in [2.75, 3.05) is 5.32 Å². The largest absolute Gasteiger partial charge is 0.378 e. The molecule has 0 radical (unpaired) electrons. The fourth-order valence-corrected chi connectivity index (χ4v) is 1.87. The zero-order valence-corrected chi connectivity index (χ0v) is 10.6. The highest BCUT2D eigenvalue weighted by molar-refractivity contribution is 5.62. The lowest BCUT2D eigenvalue weighted by Crippen LogP contribution is -2.06. The number of pyridine rings is 1. The third-order valence-corrected chi connectivity index (χ3v) is 2.94. The van der Waals surface area contributed by atoms with E-state index in [2.05, 4.69) is 16.4 Å². The van der Waals surface area contributed by atoms with Crippen LogP contribution in [0.5, 0.6) is 0 Å². The topological polar surface area (TPSA) is 48.7 Å². The molecule has 3 heteroatoms. The van der Waals surface area contributed by atoms with Crippen LogP contribution in [0.15, 0.2) is 36.5 Å². The first-order valence-corrected chi connectivity index (χ1v) is 5.86. The van der Waals surface area contributed by atoms with E-state index < -0.39 is 0 Å². The monoisotopic (exact) mass is 237 g/mol. The summed E-state index contributed by atoms with van der Waals surface area (Å²) in [6, 6.07) is 11.9. The smallest absolute Gasteiger partial charge is 0.101 e. The van der Waals surface area contributed by atoms with Crippen LogP contribution >= 0.6 is 0 Å². The molecule has 0 unspecified atom stereocenters. The van der Waals surface area contributed by atoms with Gasteiger partial charge in [-0.1, -0.05) is 18.2 Å². The summed E-state index contributed by atoms with van der Waals surface area (Å²) in [5.41, 5.74) is 4.79. The van der Waals surface area contributed by atoms with Gasteiger partial charge in [0.2, 0.25) is 0 Å². The predicted octanol–water partition coefficient (Wildman–Crippen LogP) is 3.18. The number of aryl methyl sites for hydroxylation is 2. The molecular weight excluding hydrogens is 222 g/mol. The lowest BCUT2D eigenvalue weighted by molar-refractivity contribution is 1.01. The molecule has 1 heterocycles. The van der Waals surface area contributed by atoms with E-state index in [-0.39, 0.29) is 0 Å². The van der Waals surface area contributed by atoms with Crippen LogP contribution < -0.4 is 5.32 Å². The summed E-state index contributed by atoms with van der Waals surface area (Å²) in [5.74, 6) is 0. The van der Waals surface area contributed by atoms with Gasteiger partial charge in [-0.2, -0.15) is 5.26 Å². The molecule has 0 atom stereocenters. The molecule has 0 amide bonds. The molecule has 0 aliphatic heterocycles. The summed E-state index contributed by atoms with van der Waals surface area (Å²) in [6.45, 7) is 4.66. The van der Waals surface area contributed by atoms with Gasteiger partial charge in [0.1, 0.15) is 6.07 Å². The molecule has 1 N–H and O–H groups in total. The summed E-state index contributed by atoms with van der Waals surface area (Å²) >= 11 is 0. The number of nitrogens with zero attached hydrogens (tertiary/aromatic N) is 2. The van der Waals surface area contributed by atoms with E-state index in [0.717, 1.165) is 22.5 Å². The quantitative estimate of drug-likeness (QED) is 0.891. The maximum Gasteiger partial charge on any atom is 0.101 e. The number of para-hydroxylation sites is 1. The zero-order chi connectivity index (χ0) is 13.0. The normalized spacial score (nSPS) is 9.83. The molecule has 0 saturated heterocycles. The van der Waals surface area contributed by atoms with Crippen molar-refractivity contribution in [2.45, 2.75) is 20.4 Å². The van der Waals surface area contributed by atoms with Crippen molar-refractivity contribution >= 4 is 5.69 Å². The van der Waals surface area contributed by atoms with Crippen molar-refractivity contribution in [2.24, 2.45) is 0 Å². The number of aromatic nitrogens is 1. The fraction of sp³-hybridized carbons (Fsp3) is 0.200. The van der Waals surface area contributed by atoms with Crippen molar-refractivity contribution in [1.82, 2.24) is 4.98 Å². The summed E-state index contributed by atoms with van der Waals surface area (Å²) in [7, 11) is 0. The Morgan fingerprint density at radius 1 is 1.17 bits per heavy atom. The van der Waals surface area contributed by atoms with Crippen molar-refractivity contribution in [3.63, 3.8) is 0 Å². The standard InChI is InChI=1S/C15H15N3/c1-11-6-4-8-17-14(11)10-18-15-12(2)5-3-7-13(15)9-16/h3-8,18H,10H2,1-2H3. The van der Waals surface area contributed by atoms with Gasteiger partial charge in [0.05, 0.1) is 23.5 Å². The van der Waals surface area contributed by atoms with Gasteiger partial charge in [-0.05, 0) is 37.1 Å². The first-order valence-electron chi connectivity index (χ1n) is 5.86. The minimum atomic E-state index is 0.631. The van der Waals surface area contributed by atoms with Crippen molar-refractivity contribution in [3.8, 4) is 6.07 Å². The number of nitriles is 1. The third-order valence-electron chi connectivity index (χ3n) is 2.94. The number of nitrogens with one attached hydrogen (secondary N) is 1. The SMILES string of the molecule is Cc1cccnc1CNc1c(C)cccc1C#N. The third kappa shape index (κ3) is 2.49. The van der Waals surface area contributed by atoms with Gasteiger partial charge >= 0.3 is 0 Å². The molecule has 1 aromatic carbocycles. The van der Waals surface area contributed by atoms with Crippen molar-refractivity contribution in [3.05, 3.63) is 58.9 Å². The Labute approximate surface area is 107 Å². The molecular formula is C15H15N3. The summed E-state index contributed by atoms with van der Waals surface area (Å²) in [5, 5.41) is 12.4. The van der Waals surface area contributed by atoms with Crippen LogP contribution in [0.4, 0.5) is 5.69 Å². The average molecular weight is 237 g/mol. The van der Waals surface area contributed by atoms with Crippen LogP contribution in [0, 0.1) is 25.2 Å². The second kappa shape index (κ2) is 5.33. The lowest BCUT2D eigenvalue weighted by Gasteiger charge is -2.11. The molecule has 3 nitrogen and oxygen atoms in total. The lowest BCUT2D eigenvalue weighted by atomic mass is 10.1. The molecule has 18 heavy (non-hydrogen) atoms. The Balaban J connectivity index is 2.22. The number of anilines is 1. The summed E-state index contributed by atoms with van der Waals surface area (Å²) < 4.78 is 0. The molecule has 1 aromatic heterocycles. The van der Waals surface area contributed by atoms with E-state index in [1.165, 1.54) is 0 Å². The van der Waals surface area contributed by atoms with E-state index in [9.17, 15) is 0 Å². The van der Waals surface area contributed by atoms with Gasteiger partial charge in [-0.15, -0.1) is 0 Å². The molecule has 0 fully saturated rings. The highest BCUT2D eigenvalue weighted by Crippen LogP contribution is 2.20. The Morgan fingerprint density at radius 3 is 2.67 bits per heavy atom. The van der Waals surface area contributed by atoms with Crippen LogP contribution in [0.2, 0.25) is 0 Å². The minimum Gasteiger partial charge on any atom is -0.378 e. The molecule has 0 bridgehead atoms. The predicted molar refractivity (Wildman–Crippen MR) is 72.2 cm³/mol. The number of hydrogen-bond donors (Lipinski definition) is 1. The van der Waals surface area contributed by atoms with Crippen LogP contribution in [0.25, 0.3) is 0 Å². The minimum absolute atomic E-state index is 0.631. The molecule has 0 saturated carbocycles. The Bertz CT molecular complexity index is 597. The van der Waals surface area contributed by atoms with E-state index >= 15 is 0 Å². The highest BCUT2D eigenvalue weighted by Gasteiger charge is 2.05. The molecule has 0 aliphatic carbocycles. The molecule has 0 spiro atoms. The Morgan fingerprint density at radius 2 is 1.94 bits per heavy atom. The van der Waals surface area contributed by atoms with Crippen LogP contribution in [0.3, 0.4) is 0 Å². The molecule has 90 valence electrons. The van der Waals surface area contributed by atoms with E-state index in [4.69, 9.17) is 5.26 Å². The van der Waals surface area contributed by atoms with Crippen LogP contribution in [0.1, 0.15) is 22.4 Å². The van der Waals surface area contributed by atoms with Gasteiger partial charge in [0.15, 0.2) is 0 Å². The second-order valence-electron chi connectivity index (χ2n) is 4.23. The van der Waals surface area contributed by atoms with Crippen molar-refractivity contribution in [1.29, 1.82) is 5.26 Å². The first kappa shape index (κ1) is 12.1. The summed E-state index contributed by atoms with van der Waals surface area (Å²) in [6.07, 6.45) is 1.78. The second-order valence-corrected chi connectivity index (χ2v) is 4.23. The van der Waals surface area contributed by atoms with Gasteiger partial charge in [0.25, 0.3) is 0 Å². The van der Waals surface area contributed by atoms with Gasteiger partial charge in [-0.25, -0.2) is 0 Å². The van der Waals surface area contributed by atoms with Crippen molar-refractivity contribution < 1.29 is 0 Å². The summed E-state index contributed by atoms with van der Waals surface area (Å²) in [4.78, 5) is 4.33. The molecule has 2 rings (SSSR count).